The van der Waals surface area contributed by atoms with Gasteiger partial charge in [-0.1, -0.05) is 6.92 Å². The van der Waals surface area contributed by atoms with E-state index in [1.165, 1.54) is 6.92 Å². The van der Waals surface area contributed by atoms with Crippen molar-refractivity contribution >= 4 is 0 Å². The van der Waals surface area contributed by atoms with Gasteiger partial charge in [0.25, 0.3) is 11.8 Å². The summed E-state index contributed by atoms with van der Waals surface area (Å²) in [7, 11) is 0. The zero-order valence-electron chi connectivity index (χ0n) is 8.09. The van der Waals surface area contributed by atoms with E-state index in [0.717, 1.165) is 0 Å². The number of hydrogen-bond donors (Lipinski definition) is 0. The lowest BCUT2D eigenvalue weighted by Gasteiger charge is -2.44. The van der Waals surface area contributed by atoms with Crippen molar-refractivity contribution in [1.82, 2.24) is 0 Å². The molecule has 0 radical (unpaired) electrons. The van der Waals surface area contributed by atoms with E-state index < -0.39 is 29.9 Å². The van der Waals surface area contributed by atoms with Crippen LogP contribution in [-0.4, -0.2) is 17.5 Å². The molecule has 1 fully saturated rings. The average Bonchev–Trinajstić information content (AvgIpc) is 2.02. The summed E-state index contributed by atoms with van der Waals surface area (Å²) in [6, 6.07) is 0. The number of rotatable bonds is 1. The van der Waals surface area contributed by atoms with Crippen LogP contribution in [0.25, 0.3) is 0 Å². The van der Waals surface area contributed by atoms with E-state index in [1.807, 2.05) is 0 Å². The monoisotopic (exact) mass is 216 g/mol. The third-order valence-corrected chi connectivity index (χ3v) is 3.13. The highest BCUT2D eigenvalue weighted by atomic mass is 19.3. The minimum absolute atomic E-state index is 0.0165. The van der Waals surface area contributed by atoms with Crippen molar-refractivity contribution in [3.63, 3.8) is 0 Å². The standard InChI is InChI=1S/C9H13F5/c1-3-6-4-5-8(11,12)7(2,10)9(6,13)14/h6H,3-5H2,1-2H3. The molecule has 5 heteroatoms. The van der Waals surface area contributed by atoms with E-state index in [-0.39, 0.29) is 12.8 Å². The first-order chi connectivity index (χ1) is 6.17. The Balaban J connectivity index is 3.06. The Morgan fingerprint density at radius 1 is 1.14 bits per heavy atom. The second-order valence-electron chi connectivity index (χ2n) is 3.97. The third kappa shape index (κ3) is 1.32. The molecule has 0 N–H and O–H groups in total. The fourth-order valence-electron chi connectivity index (χ4n) is 1.86. The zero-order chi connectivity index (χ0) is 11.2. The molecule has 1 saturated carbocycles. The van der Waals surface area contributed by atoms with Gasteiger partial charge in [0, 0.05) is 12.3 Å². The highest BCUT2D eigenvalue weighted by Crippen LogP contribution is 2.55. The number of alkyl halides is 5. The van der Waals surface area contributed by atoms with Gasteiger partial charge in [-0.2, -0.15) is 0 Å². The van der Waals surface area contributed by atoms with Crippen molar-refractivity contribution in [1.29, 1.82) is 0 Å². The maximum Gasteiger partial charge on any atom is 0.289 e. The van der Waals surface area contributed by atoms with Gasteiger partial charge in [0.15, 0.2) is 0 Å². The van der Waals surface area contributed by atoms with Crippen LogP contribution in [-0.2, 0) is 0 Å². The Bertz CT molecular complexity index is 221. The molecule has 2 unspecified atom stereocenters. The molecule has 0 saturated heterocycles. The Morgan fingerprint density at radius 2 is 1.64 bits per heavy atom. The van der Waals surface area contributed by atoms with Crippen LogP contribution < -0.4 is 0 Å². The number of halogens is 5. The lowest BCUT2D eigenvalue weighted by atomic mass is 9.73. The first-order valence-corrected chi connectivity index (χ1v) is 4.61. The fraction of sp³-hybridized carbons (Fsp3) is 1.00. The Hall–Kier alpha value is -0.350. The molecule has 84 valence electrons. The summed E-state index contributed by atoms with van der Waals surface area (Å²) in [6.45, 7) is 1.76. The van der Waals surface area contributed by atoms with Crippen LogP contribution in [0.15, 0.2) is 0 Å². The molecule has 0 aromatic carbocycles. The quantitative estimate of drug-likeness (QED) is 0.585. The van der Waals surface area contributed by atoms with Crippen molar-refractivity contribution in [2.75, 3.05) is 0 Å². The van der Waals surface area contributed by atoms with Crippen LogP contribution in [0.4, 0.5) is 22.0 Å². The van der Waals surface area contributed by atoms with Crippen molar-refractivity contribution in [2.45, 2.75) is 50.6 Å². The van der Waals surface area contributed by atoms with Gasteiger partial charge >= 0.3 is 0 Å². The molecule has 2 atom stereocenters. The maximum absolute atomic E-state index is 13.4. The van der Waals surface area contributed by atoms with E-state index >= 15 is 0 Å². The molecule has 1 aliphatic rings. The van der Waals surface area contributed by atoms with Crippen molar-refractivity contribution in [3.8, 4) is 0 Å². The second kappa shape index (κ2) is 3.07. The predicted octanol–water partition coefficient (Wildman–Crippen LogP) is 3.81. The largest absolute Gasteiger partial charge is 0.289 e. The second-order valence-corrected chi connectivity index (χ2v) is 3.97. The third-order valence-electron chi connectivity index (χ3n) is 3.13. The molecule has 0 spiro atoms. The lowest BCUT2D eigenvalue weighted by Crippen LogP contribution is -2.61. The minimum atomic E-state index is -3.94. The van der Waals surface area contributed by atoms with Crippen LogP contribution in [0, 0.1) is 5.92 Å². The Morgan fingerprint density at radius 3 is 2.07 bits per heavy atom. The SMILES string of the molecule is CCC1CCC(F)(F)C(C)(F)C1(F)F. The Kier molecular flexibility index (Phi) is 2.57. The van der Waals surface area contributed by atoms with E-state index in [9.17, 15) is 22.0 Å². The molecular weight excluding hydrogens is 203 g/mol. The van der Waals surface area contributed by atoms with Crippen LogP contribution in [0.5, 0.6) is 0 Å². The molecule has 0 nitrogen and oxygen atoms in total. The predicted molar refractivity (Wildman–Crippen MR) is 42.4 cm³/mol. The van der Waals surface area contributed by atoms with E-state index in [1.54, 1.807) is 0 Å². The summed E-state index contributed by atoms with van der Waals surface area (Å²) in [5.41, 5.74) is -3.72. The molecule has 0 aromatic heterocycles. The summed E-state index contributed by atoms with van der Waals surface area (Å²) >= 11 is 0. The normalized spacial score (nSPS) is 40.9. The molecule has 1 aliphatic carbocycles. The van der Waals surface area contributed by atoms with Crippen LogP contribution in [0.1, 0.15) is 33.1 Å². The lowest BCUT2D eigenvalue weighted by molar-refractivity contribution is -0.285. The summed E-state index contributed by atoms with van der Waals surface area (Å²) in [6.07, 6.45) is -1.10. The van der Waals surface area contributed by atoms with E-state index in [2.05, 4.69) is 0 Å². The first kappa shape index (κ1) is 11.7. The molecule has 0 amide bonds. The minimum Gasteiger partial charge on any atom is -0.231 e. The summed E-state index contributed by atoms with van der Waals surface area (Å²) in [5, 5.41) is 0. The molecule has 0 bridgehead atoms. The molecule has 1 rings (SSSR count). The van der Waals surface area contributed by atoms with Crippen LogP contribution in [0.3, 0.4) is 0 Å². The maximum atomic E-state index is 13.4. The molecular formula is C9H13F5. The first-order valence-electron chi connectivity index (χ1n) is 4.61. The van der Waals surface area contributed by atoms with Gasteiger partial charge in [-0.05, 0) is 19.8 Å². The zero-order valence-corrected chi connectivity index (χ0v) is 8.09. The molecule has 0 heterocycles. The highest BCUT2D eigenvalue weighted by Gasteiger charge is 2.71. The smallest absolute Gasteiger partial charge is 0.231 e. The molecule has 14 heavy (non-hydrogen) atoms. The topological polar surface area (TPSA) is 0 Å². The highest BCUT2D eigenvalue weighted by molar-refractivity contribution is 5.07. The average molecular weight is 216 g/mol. The Labute approximate surface area is 79.5 Å². The van der Waals surface area contributed by atoms with Crippen LogP contribution >= 0.6 is 0 Å². The van der Waals surface area contributed by atoms with Gasteiger partial charge in [-0.15, -0.1) is 0 Å². The van der Waals surface area contributed by atoms with Gasteiger partial charge in [0.05, 0.1) is 0 Å². The van der Waals surface area contributed by atoms with E-state index in [0.29, 0.717) is 6.92 Å². The van der Waals surface area contributed by atoms with E-state index in [4.69, 9.17) is 0 Å². The van der Waals surface area contributed by atoms with Crippen molar-refractivity contribution in [2.24, 2.45) is 5.92 Å². The van der Waals surface area contributed by atoms with Gasteiger partial charge in [-0.25, -0.2) is 22.0 Å². The van der Waals surface area contributed by atoms with Crippen molar-refractivity contribution in [3.05, 3.63) is 0 Å². The van der Waals surface area contributed by atoms with Crippen molar-refractivity contribution < 1.29 is 22.0 Å². The number of hydrogen-bond acceptors (Lipinski definition) is 0. The summed E-state index contributed by atoms with van der Waals surface area (Å²) in [4.78, 5) is 0. The van der Waals surface area contributed by atoms with Gasteiger partial charge < -0.3 is 0 Å². The van der Waals surface area contributed by atoms with Gasteiger partial charge in [0.2, 0.25) is 5.67 Å². The van der Waals surface area contributed by atoms with Crippen LogP contribution in [0.2, 0.25) is 0 Å². The fourth-order valence-corrected chi connectivity index (χ4v) is 1.86. The summed E-state index contributed by atoms with van der Waals surface area (Å²) in [5.74, 6) is -9.15. The van der Waals surface area contributed by atoms with Gasteiger partial charge in [0.1, 0.15) is 0 Å². The molecule has 0 aromatic rings. The van der Waals surface area contributed by atoms with Gasteiger partial charge in [-0.3, -0.25) is 0 Å². The summed E-state index contributed by atoms with van der Waals surface area (Å²) < 4.78 is 65.8. The molecule has 0 aliphatic heterocycles.